The van der Waals surface area contributed by atoms with Crippen molar-refractivity contribution in [3.63, 3.8) is 0 Å². The predicted molar refractivity (Wildman–Crippen MR) is 103 cm³/mol. The largest absolute Gasteiger partial charge is 0.454 e. The van der Waals surface area contributed by atoms with Gasteiger partial charge in [-0.15, -0.1) is 0 Å². The number of carbonyl (C=O) groups excluding carboxylic acids is 3. The van der Waals surface area contributed by atoms with Crippen molar-refractivity contribution in [1.29, 1.82) is 0 Å². The molecule has 0 spiro atoms. The lowest BCUT2D eigenvalue weighted by molar-refractivity contribution is -0.151. The molecule has 6 heteroatoms. The first kappa shape index (κ1) is 20.9. The van der Waals surface area contributed by atoms with E-state index in [9.17, 15) is 14.4 Å². The average molecular weight is 374 g/mol. The Kier molecular flexibility index (Phi) is 8.30. The zero-order valence-corrected chi connectivity index (χ0v) is 16.2. The Hall–Kier alpha value is -2.37. The van der Waals surface area contributed by atoms with Gasteiger partial charge in [0, 0.05) is 12.1 Å². The molecule has 1 fully saturated rings. The van der Waals surface area contributed by atoms with Crippen LogP contribution in [0.5, 0.6) is 0 Å². The summed E-state index contributed by atoms with van der Waals surface area (Å²) in [5, 5.41) is 5.53. The zero-order valence-electron chi connectivity index (χ0n) is 16.2. The van der Waals surface area contributed by atoms with Crippen molar-refractivity contribution in [2.24, 2.45) is 11.8 Å². The molecule has 0 bridgehead atoms. The summed E-state index contributed by atoms with van der Waals surface area (Å²) >= 11 is 0. The maximum absolute atomic E-state index is 12.3. The number of hydrogen-bond donors (Lipinski definition) is 2. The molecule has 0 heterocycles. The first-order valence-electron chi connectivity index (χ1n) is 9.76. The van der Waals surface area contributed by atoms with E-state index in [1.54, 1.807) is 24.3 Å². The maximum atomic E-state index is 12.3. The second kappa shape index (κ2) is 10.7. The lowest BCUT2D eigenvalue weighted by atomic mass is 9.89. The first-order valence-corrected chi connectivity index (χ1v) is 9.76. The number of nitrogens with one attached hydrogen (secondary N) is 2. The molecule has 1 aliphatic carbocycles. The van der Waals surface area contributed by atoms with Gasteiger partial charge in [0.2, 0.25) is 0 Å². The number of ether oxygens (including phenoxy) is 1. The molecule has 1 aromatic rings. The fraction of sp³-hybridized carbons (Fsp3) is 0.571. The normalized spacial score (nSPS) is 15.8. The minimum absolute atomic E-state index is 0.157. The van der Waals surface area contributed by atoms with E-state index in [0.717, 1.165) is 12.8 Å². The number of rotatable bonds is 8. The van der Waals surface area contributed by atoms with E-state index in [2.05, 4.69) is 10.6 Å². The van der Waals surface area contributed by atoms with Crippen LogP contribution in [0.15, 0.2) is 30.3 Å². The Morgan fingerprint density at radius 3 is 2.37 bits per heavy atom. The molecule has 1 aromatic carbocycles. The molecule has 0 radical (unpaired) electrons. The molecule has 6 nitrogen and oxygen atoms in total. The third-order valence-electron chi connectivity index (χ3n) is 4.90. The quantitative estimate of drug-likeness (QED) is 0.685. The molecule has 1 atom stereocenters. The Labute approximate surface area is 161 Å². The Morgan fingerprint density at radius 2 is 1.74 bits per heavy atom. The second-order valence-corrected chi connectivity index (χ2v) is 7.48. The van der Waals surface area contributed by atoms with Crippen LogP contribution in [0, 0.1) is 11.8 Å². The number of amides is 2. The minimum atomic E-state index is -0.802. The number of esters is 1. The topological polar surface area (TPSA) is 84.5 Å². The summed E-state index contributed by atoms with van der Waals surface area (Å²) in [6, 6.07) is 7.89. The maximum Gasteiger partial charge on any atom is 0.329 e. The Morgan fingerprint density at radius 1 is 1.07 bits per heavy atom. The molecule has 1 aliphatic rings. The molecule has 0 aromatic heterocycles. The van der Waals surface area contributed by atoms with Crippen LogP contribution in [-0.2, 0) is 14.3 Å². The molecule has 1 saturated carbocycles. The van der Waals surface area contributed by atoms with Gasteiger partial charge in [0.15, 0.2) is 6.61 Å². The lowest BCUT2D eigenvalue weighted by Gasteiger charge is -2.22. The molecule has 0 unspecified atom stereocenters. The van der Waals surface area contributed by atoms with Crippen LogP contribution in [0.2, 0.25) is 0 Å². The van der Waals surface area contributed by atoms with Crippen LogP contribution >= 0.6 is 0 Å². The van der Waals surface area contributed by atoms with Crippen molar-refractivity contribution in [2.75, 3.05) is 13.2 Å². The smallest absolute Gasteiger partial charge is 0.329 e. The van der Waals surface area contributed by atoms with Crippen molar-refractivity contribution >= 4 is 17.8 Å². The van der Waals surface area contributed by atoms with E-state index < -0.39 is 12.0 Å². The number of hydrogen-bond acceptors (Lipinski definition) is 4. The molecule has 27 heavy (non-hydrogen) atoms. The summed E-state index contributed by atoms with van der Waals surface area (Å²) in [6.07, 6.45) is 5.98. The fourth-order valence-electron chi connectivity index (χ4n) is 3.24. The minimum Gasteiger partial charge on any atom is -0.454 e. The first-order chi connectivity index (χ1) is 13.0. The van der Waals surface area contributed by atoms with E-state index in [1.807, 2.05) is 19.9 Å². The number of benzene rings is 1. The SMILES string of the molecule is CC(C)[C@H](NC(=O)c1ccccc1)C(=O)OCC(=O)NCC1CCCCC1. The van der Waals surface area contributed by atoms with Crippen LogP contribution in [0.25, 0.3) is 0 Å². The van der Waals surface area contributed by atoms with Crippen LogP contribution in [-0.4, -0.2) is 37.0 Å². The Bertz CT molecular complexity index is 624. The van der Waals surface area contributed by atoms with Crippen LogP contribution < -0.4 is 10.6 Å². The highest BCUT2D eigenvalue weighted by Gasteiger charge is 2.26. The van der Waals surface area contributed by atoms with Gasteiger partial charge in [-0.3, -0.25) is 9.59 Å². The Balaban J connectivity index is 1.78. The van der Waals surface area contributed by atoms with Gasteiger partial charge in [0.1, 0.15) is 6.04 Å². The van der Waals surface area contributed by atoms with Gasteiger partial charge in [-0.25, -0.2) is 4.79 Å². The third kappa shape index (κ3) is 7.04. The van der Waals surface area contributed by atoms with Gasteiger partial charge in [-0.05, 0) is 36.8 Å². The van der Waals surface area contributed by atoms with E-state index >= 15 is 0 Å². The van der Waals surface area contributed by atoms with Crippen molar-refractivity contribution in [1.82, 2.24) is 10.6 Å². The van der Waals surface area contributed by atoms with Gasteiger partial charge in [0.25, 0.3) is 11.8 Å². The van der Waals surface area contributed by atoms with E-state index in [0.29, 0.717) is 18.0 Å². The summed E-state index contributed by atoms with van der Waals surface area (Å²) < 4.78 is 5.14. The highest BCUT2D eigenvalue weighted by molar-refractivity contribution is 5.97. The molecular formula is C21H30N2O4. The van der Waals surface area contributed by atoms with Crippen molar-refractivity contribution in [3.05, 3.63) is 35.9 Å². The van der Waals surface area contributed by atoms with Crippen LogP contribution in [0.1, 0.15) is 56.3 Å². The second-order valence-electron chi connectivity index (χ2n) is 7.48. The lowest BCUT2D eigenvalue weighted by Crippen LogP contribution is -2.46. The zero-order chi connectivity index (χ0) is 19.6. The van der Waals surface area contributed by atoms with Crippen LogP contribution in [0.3, 0.4) is 0 Å². The van der Waals surface area contributed by atoms with Crippen LogP contribution in [0.4, 0.5) is 0 Å². The van der Waals surface area contributed by atoms with Crippen molar-refractivity contribution in [2.45, 2.75) is 52.0 Å². The van der Waals surface area contributed by atoms with Crippen molar-refractivity contribution in [3.8, 4) is 0 Å². The fourth-order valence-corrected chi connectivity index (χ4v) is 3.24. The standard InChI is InChI=1S/C21H30N2O4/c1-15(2)19(23-20(25)17-11-7-4-8-12-17)21(26)27-14-18(24)22-13-16-9-5-3-6-10-16/h4,7-8,11-12,15-16,19H,3,5-6,9-10,13-14H2,1-2H3,(H,22,24)(H,23,25)/t19-/m0/s1. The molecule has 2 N–H and O–H groups in total. The third-order valence-corrected chi connectivity index (χ3v) is 4.90. The van der Waals surface area contributed by atoms with Crippen molar-refractivity contribution < 1.29 is 19.1 Å². The van der Waals surface area contributed by atoms with Gasteiger partial charge in [-0.2, -0.15) is 0 Å². The van der Waals surface area contributed by atoms with E-state index in [4.69, 9.17) is 4.74 Å². The molecule has 2 amide bonds. The molecule has 2 rings (SSSR count). The van der Waals surface area contributed by atoms with Gasteiger partial charge in [-0.1, -0.05) is 51.3 Å². The average Bonchev–Trinajstić information content (AvgIpc) is 2.69. The highest BCUT2D eigenvalue weighted by atomic mass is 16.5. The summed E-state index contributed by atoms with van der Waals surface area (Å²) in [4.78, 5) is 36.6. The molecule has 148 valence electrons. The van der Waals surface area contributed by atoms with Gasteiger partial charge in [0.05, 0.1) is 0 Å². The summed E-state index contributed by atoms with van der Waals surface area (Å²) in [7, 11) is 0. The number of carbonyl (C=O) groups is 3. The van der Waals surface area contributed by atoms with Gasteiger partial charge >= 0.3 is 5.97 Å². The van der Waals surface area contributed by atoms with Gasteiger partial charge < -0.3 is 15.4 Å². The van der Waals surface area contributed by atoms with E-state index in [-0.39, 0.29) is 24.3 Å². The van der Waals surface area contributed by atoms with E-state index in [1.165, 1.54) is 19.3 Å². The molecule has 0 aliphatic heterocycles. The summed E-state index contributed by atoms with van der Waals surface area (Å²) in [6.45, 7) is 3.95. The molecule has 0 saturated heterocycles. The molecular weight excluding hydrogens is 344 g/mol. The highest BCUT2D eigenvalue weighted by Crippen LogP contribution is 2.22. The monoisotopic (exact) mass is 374 g/mol. The summed E-state index contributed by atoms with van der Waals surface area (Å²) in [5.41, 5.74) is 0.473. The predicted octanol–water partition coefficient (Wildman–Crippen LogP) is 2.68. The summed E-state index contributed by atoms with van der Waals surface area (Å²) in [5.74, 6) is -0.872.